The molecule has 60 valence electrons. The molecule has 3 nitrogen and oxygen atoms in total. The molecule has 11 heavy (non-hydrogen) atoms. The molecule has 0 radical (unpaired) electrons. The number of aromatic nitrogens is 2. The molecule has 0 bridgehead atoms. The van der Waals surface area contributed by atoms with Gasteiger partial charge in [0.1, 0.15) is 0 Å². The number of halogens is 1. The second kappa shape index (κ2) is 2.30. The van der Waals surface area contributed by atoms with Crippen LogP contribution in [0.15, 0.2) is 4.52 Å². The lowest BCUT2D eigenvalue weighted by Crippen LogP contribution is -1.99. The standard InChI is InChI=1S/C7H9BrN2O/c1-7(2-3-7)6-9-5(4-8)10-11-6/h2-4H2,1H3. The molecule has 1 aromatic heterocycles. The number of hydrogen-bond donors (Lipinski definition) is 0. The fraction of sp³-hybridized carbons (Fsp3) is 0.714. The Morgan fingerprint density at radius 2 is 2.36 bits per heavy atom. The van der Waals surface area contributed by atoms with E-state index in [0.717, 1.165) is 11.7 Å². The number of alkyl halides is 1. The maximum Gasteiger partial charge on any atom is 0.232 e. The molecule has 0 spiro atoms. The molecule has 1 aliphatic rings. The molecule has 1 aliphatic carbocycles. The van der Waals surface area contributed by atoms with Crippen molar-refractivity contribution in [2.75, 3.05) is 0 Å². The van der Waals surface area contributed by atoms with Gasteiger partial charge in [0.05, 0.1) is 5.33 Å². The van der Waals surface area contributed by atoms with Gasteiger partial charge in [-0.1, -0.05) is 28.0 Å². The van der Waals surface area contributed by atoms with Crippen LogP contribution < -0.4 is 0 Å². The minimum absolute atomic E-state index is 0.202. The lowest BCUT2D eigenvalue weighted by molar-refractivity contribution is 0.350. The van der Waals surface area contributed by atoms with Gasteiger partial charge in [0, 0.05) is 5.41 Å². The highest BCUT2D eigenvalue weighted by Crippen LogP contribution is 2.46. The molecular weight excluding hydrogens is 208 g/mol. The Bertz CT molecular complexity index is 267. The second-order valence-corrected chi connectivity index (χ2v) is 3.77. The first-order valence-electron chi connectivity index (χ1n) is 3.64. The molecule has 0 N–H and O–H groups in total. The average Bonchev–Trinajstić information content (AvgIpc) is 2.61. The number of rotatable bonds is 2. The Kier molecular flexibility index (Phi) is 1.52. The Balaban J connectivity index is 2.25. The van der Waals surface area contributed by atoms with Crippen LogP contribution in [-0.2, 0) is 10.7 Å². The van der Waals surface area contributed by atoms with Crippen LogP contribution in [0, 0.1) is 0 Å². The van der Waals surface area contributed by atoms with E-state index in [2.05, 4.69) is 33.0 Å². The Morgan fingerprint density at radius 1 is 1.64 bits per heavy atom. The van der Waals surface area contributed by atoms with Gasteiger partial charge < -0.3 is 4.52 Å². The molecular formula is C7H9BrN2O. The van der Waals surface area contributed by atoms with Crippen molar-refractivity contribution >= 4 is 15.9 Å². The topological polar surface area (TPSA) is 38.9 Å². The summed E-state index contributed by atoms with van der Waals surface area (Å²) in [5.74, 6) is 1.54. The maximum absolute atomic E-state index is 5.09. The zero-order valence-corrected chi connectivity index (χ0v) is 7.89. The van der Waals surface area contributed by atoms with Crippen molar-refractivity contribution in [1.82, 2.24) is 10.1 Å². The van der Waals surface area contributed by atoms with E-state index in [1.54, 1.807) is 0 Å². The Morgan fingerprint density at radius 3 is 2.82 bits per heavy atom. The van der Waals surface area contributed by atoms with Crippen molar-refractivity contribution < 1.29 is 4.52 Å². The molecule has 0 aromatic carbocycles. The third-order valence-electron chi connectivity index (χ3n) is 2.10. The SMILES string of the molecule is CC1(c2nc(CBr)no2)CC1. The minimum Gasteiger partial charge on any atom is -0.339 e. The van der Waals surface area contributed by atoms with E-state index in [4.69, 9.17) is 4.52 Å². The second-order valence-electron chi connectivity index (χ2n) is 3.21. The van der Waals surface area contributed by atoms with Gasteiger partial charge in [-0.25, -0.2) is 0 Å². The molecule has 1 aromatic rings. The third kappa shape index (κ3) is 1.20. The summed E-state index contributed by atoms with van der Waals surface area (Å²) in [4.78, 5) is 4.24. The van der Waals surface area contributed by atoms with Crippen molar-refractivity contribution in [1.29, 1.82) is 0 Å². The van der Waals surface area contributed by atoms with Crippen LogP contribution in [0.1, 0.15) is 31.5 Å². The largest absolute Gasteiger partial charge is 0.339 e. The monoisotopic (exact) mass is 216 g/mol. The van der Waals surface area contributed by atoms with Crippen LogP contribution in [-0.4, -0.2) is 10.1 Å². The highest BCUT2D eigenvalue weighted by Gasteiger charge is 2.44. The van der Waals surface area contributed by atoms with E-state index in [9.17, 15) is 0 Å². The molecule has 1 fully saturated rings. The zero-order valence-electron chi connectivity index (χ0n) is 6.30. The summed E-state index contributed by atoms with van der Waals surface area (Å²) < 4.78 is 5.09. The highest BCUT2D eigenvalue weighted by molar-refractivity contribution is 9.08. The van der Waals surface area contributed by atoms with Crippen LogP contribution in [0.3, 0.4) is 0 Å². The maximum atomic E-state index is 5.09. The fourth-order valence-electron chi connectivity index (χ4n) is 0.955. The predicted octanol–water partition coefficient (Wildman–Crippen LogP) is 2.02. The smallest absolute Gasteiger partial charge is 0.232 e. The van der Waals surface area contributed by atoms with Gasteiger partial charge in [-0.05, 0) is 12.8 Å². The molecule has 4 heteroatoms. The van der Waals surface area contributed by atoms with Crippen molar-refractivity contribution in [2.45, 2.75) is 30.5 Å². The molecule has 2 rings (SSSR count). The molecule has 0 unspecified atom stereocenters. The Hall–Kier alpha value is -0.380. The van der Waals surface area contributed by atoms with Gasteiger partial charge in [-0.3, -0.25) is 0 Å². The first kappa shape index (κ1) is 7.28. The summed E-state index contributed by atoms with van der Waals surface area (Å²) in [5.41, 5.74) is 0.202. The van der Waals surface area contributed by atoms with Gasteiger partial charge in [-0.15, -0.1) is 0 Å². The summed E-state index contributed by atoms with van der Waals surface area (Å²) in [6.45, 7) is 2.15. The van der Waals surface area contributed by atoms with Crippen LogP contribution >= 0.6 is 15.9 Å². The van der Waals surface area contributed by atoms with Gasteiger partial charge in [0.2, 0.25) is 5.89 Å². The van der Waals surface area contributed by atoms with Gasteiger partial charge in [0.15, 0.2) is 5.82 Å². The van der Waals surface area contributed by atoms with Crippen LogP contribution in [0.5, 0.6) is 0 Å². The minimum atomic E-state index is 0.202. The lowest BCUT2D eigenvalue weighted by Gasteiger charge is -1.96. The van der Waals surface area contributed by atoms with Crippen molar-refractivity contribution in [2.24, 2.45) is 0 Å². The third-order valence-corrected chi connectivity index (χ3v) is 2.61. The number of hydrogen-bond acceptors (Lipinski definition) is 3. The van der Waals surface area contributed by atoms with Gasteiger partial charge in [-0.2, -0.15) is 4.98 Å². The molecule has 0 aliphatic heterocycles. The molecule has 1 saturated carbocycles. The first-order chi connectivity index (χ1) is 5.24. The molecule has 1 heterocycles. The van der Waals surface area contributed by atoms with Crippen LogP contribution in [0.2, 0.25) is 0 Å². The van der Waals surface area contributed by atoms with E-state index >= 15 is 0 Å². The highest BCUT2D eigenvalue weighted by atomic mass is 79.9. The van der Waals surface area contributed by atoms with Crippen LogP contribution in [0.25, 0.3) is 0 Å². The molecule has 0 amide bonds. The average molecular weight is 217 g/mol. The van der Waals surface area contributed by atoms with Crippen molar-refractivity contribution in [3.05, 3.63) is 11.7 Å². The first-order valence-corrected chi connectivity index (χ1v) is 4.76. The van der Waals surface area contributed by atoms with E-state index < -0.39 is 0 Å². The van der Waals surface area contributed by atoms with E-state index in [1.165, 1.54) is 12.8 Å². The molecule has 0 saturated heterocycles. The summed E-state index contributed by atoms with van der Waals surface area (Å²) in [6, 6.07) is 0. The normalized spacial score (nSPS) is 20.2. The van der Waals surface area contributed by atoms with Crippen molar-refractivity contribution in [3.63, 3.8) is 0 Å². The molecule has 0 atom stereocenters. The summed E-state index contributed by atoms with van der Waals surface area (Å²) >= 11 is 3.27. The van der Waals surface area contributed by atoms with Crippen molar-refractivity contribution in [3.8, 4) is 0 Å². The summed E-state index contributed by atoms with van der Waals surface area (Å²) in [5, 5.41) is 4.48. The fourth-order valence-corrected chi connectivity index (χ4v) is 1.18. The summed E-state index contributed by atoms with van der Waals surface area (Å²) in [7, 11) is 0. The van der Waals surface area contributed by atoms with Crippen LogP contribution in [0.4, 0.5) is 0 Å². The number of nitrogens with zero attached hydrogens (tertiary/aromatic N) is 2. The van der Waals surface area contributed by atoms with E-state index in [0.29, 0.717) is 5.33 Å². The van der Waals surface area contributed by atoms with Gasteiger partial charge >= 0.3 is 0 Å². The van der Waals surface area contributed by atoms with E-state index in [1.807, 2.05) is 0 Å². The van der Waals surface area contributed by atoms with Gasteiger partial charge in [0.25, 0.3) is 0 Å². The summed E-state index contributed by atoms with van der Waals surface area (Å²) in [6.07, 6.45) is 2.35. The lowest BCUT2D eigenvalue weighted by atomic mass is 10.1. The zero-order chi connectivity index (χ0) is 7.90. The van der Waals surface area contributed by atoms with E-state index in [-0.39, 0.29) is 5.41 Å². The predicted molar refractivity (Wildman–Crippen MR) is 43.5 cm³/mol. The quantitative estimate of drug-likeness (QED) is 0.711. The Labute approximate surface area is 73.3 Å².